The van der Waals surface area contributed by atoms with Crippen LogP contribution < -0.4 is 19.9 Å². The Morgan fingerprint density at radius 3 is 2.77 bits per heavy atom. The number of carbonyl (C=O) groups is 1. The number of aromatic hydroxyl groups is 1. The van der Waals surface area contributed by atoms with E-state index in [0.717, 1.165) is 104 Å². The molecule has 1 unspecified atom stereocenters. The molecule has 0 aliphatic carbocycles. The summed E-state index contributed by atoms with van der Waals surface area (Å²) in [5, 5.41) is 21.0. The Bertz CT molecular complexity index is 2210. The maximum Gasteiger partial charge on any atom is 0.318 e. The molecule has 302 valence electrons. The molecule has 2 aromatic carbocycles. The third-order valence-electron chi connectivity index (χ3n) is 13.8. The molecule has 14 heteroatoms. The van der Waals surface area contributed by atoms with Gasteiger partial charge in [0.25, 0.3) is 5.91 Å². The van der Waals surface area contributed by atoms with Crippen molar-refractivity contribution in [1.29, 1.82) is 0 Å². The van der Waals surface area contributed by atoms with E-state index in [4.69, 9.17) is 19.8 Å². The number of halogens is 2. The highest BCUT2D eigenvalue weighted by molar-refractivity contribution is 5.98. The van der Waals surface area contributed by atoms with Gasteiger partial charge in [-0.3, -0.25) is 14.4 Å². The number of hydrogen-bond acceptors (Lipinski definition) is 10. The first kappa shape index (κ1) is 36.8. The number of nitrogens with one attached hydrogen (secondary N) is 1. The minimum absolute atomic E-state index is 0.00471. The number of aromatic nitrogens is 4. The van der Waals surface area contributed by atoms with Crippen molar-refractivity contribution >= 4 is 28.2 Å². The van der Waals surface area contributed by atoms with E-state index < -0.39 is 6.17 Å². The van der Waals surface area contributed by atoms with Crippen molar-refractivity contribution in [3.05, 3.63) is 64.4 Å². The van der Waals surface area contributed by atoms with E-state index >= 15 is 4.39 Å². The molecule has 4 fully saturated rings. The van der Waals surface area contributed by atoms with Crippen LogP contribution in [0, 0.1) is 5.82 Å². The minimum Gasteiger partial charge on any atom is -0.508 e. The Balaban J connectivity index is 0.971. The molecule has 0 radical (unpaired) electrons. The van der Waals surface area contributed by atoms with Crippen LogP contribution in [0.1, 0.15) is 91.3 Å². The van der Waals surface area contributed by atoms with E-state index in [1.54, 1.807) is 18.2 Å². The van der Waals surface area contributed by atoms with Gasteiger partial charge in [0.1, 0.15) is 30.2 Å². The summed E-state index contributed by atoms with van der Waals surface area (Å²) in [6.07, 6.45) is 7.92. The highest BCUT2D eigenvalue weighted by atomic mass is 19.1. The van der Waals surface area contributed by atoms with E-state index in [0.29, 0.717) is 69.9 Å². The Kier molecular flexibility index (Phi) is 9.27. The van der Waals surface area contributed by atoms with E-state index in [-0.39, 0.29) is 34.6 Å². The smallest absolute Gasteiger partial charge is 0.318 e. The zero-order valence-electron chi connectivity index (χ0n) is 32.9. The number of anilines is 2. The molecule has 6 aliphatic rings. The molecule has 4 aromatic rings. The second-order valence-electron chi connectivity index (χ2n) is 17.4. The lowest BCUT2D eigenvalue weighted by Crippen LogP contribution is -2.50. The number of alkyl halides is 1. The number of fused-ring (bicyclic) bond motifs is 4. The van der Waals surface area contributed by atoms with Crippen LogP contribution in [-0.2, 0) is 32.5 Å². The minimum atomic E-state index is -0.869. The lowest BCUT2D eigenvalue weighted by molar-refractivity contribution is 0.0768. The predicted molar refractivity (Wildman–Crippen MR) is 213 cm³/mol. The van der Waals surface area contributed by atoms with Gasteiger partial charge in [0, 0.05) is 73.9 Å². The normalized spacial score (nSPS) is 26.2. The number of ether oxygens (including phenoxy) is 1. The number of piperidine rings is 1. The molecule has 2 N–H and O–H groups in total. The highest BCUT2D eigenvalue weighted by Crippen LogP contribution is 2.42. The van der Waals surface area contributed by atoms with Crippen LogP contribution in [0.15, 0.2) is 30.3 Å². The van der Waals surface area contributed by atoms with E-state index in [1.807, 2.05) is 22.6 Å². The largest absolute Gasteiger partial charge is 0.508 e. The van der Waals surface area contributed by atoms with E-state index in [1.165, 1.54) is 18.9 Å². The molecule has 3 atom stereocenters. The number of phenolic OH excluding ortho intramolecular Hbond substituents is 1. The third kappa shape index (κ3) is 6.56. The highest BCUT2D eigenvalue weighted by Gasteiger charge is 2.49. The van der Waals surface area contributed by atoms with Gasteiger partial charge in [0.05, 0.1) is 30.0 Å². The first-order chi connectivity index (χ1) is 27.7. The molecular formula is C43H53F2N9O3. The number of aryl methyl sites for hydroxylation is 2. The molecule has 57 heavy (non-hydrogen) atoms. The maximum atomic E-state index is 15.2. The van der Waals surface area contributed by atoms with Crippen LogP contribution in [0.4, 0.5) is 20.3 Å². The van der Waals surface area contributed by atoms with Crippen molar-refractivity contribution in [1.82, 2.24) is 34.9 Å². The Morgan fingerprint density at radius 1 is 1.00 bits per heavy atom. The van der Waals surface area contributed by atoms with Crippen LogP contribution in [0.25, 0.3) is 10.8 Å². The number of rotatable bonds is 7. The molecular weight excluding hydrogens is 729 g/mol. The molecule has 10 rings (SSSR count). The van der Waals surface area contributed by atoms with Gasteiger partial charge in [-0.1, -0.05) is 19.4 Å². The number of likely N-dealkylation sites (tertiary alicyclic amines) is 1. The predicted octanol–water partition coefficient (Wildman–Crippen LogP) is 5.52. The fourth-order valence-electron chi connectivity index (χ4n) is 11.0. The lowest BCUT2D eigenvalue weighted by atomic mass is 9.88. The average molecular weight is 782 g/mol. The molecule has 4 saturated heterocycles. The van der Waals surface area contributed by atoms with Crippen molar-refractivity contribution in [2.45, 2.75) is 108 Å². The molecule has 6 aliphatic heterocycles. The first-order valence-electron chi connectivity index (χ1n) is 21.2. The van der Waals surface area contributed by atoms with Gasteiger partial charge >= 0.3 is 6.01 Å². The van der Waals surface area contributed by atoms with Crippen LogP contribution in [0.3, 0.4) is 0 Å². The number of benzene rings is 2. The second-order valence-corrected chi connectivity index (χ2v) is 17.4. The maximum absolute atomic E-state index is 15.2. The fourth-order valence-corrected chi connectivity index (χ4v) is 11.0. The molecule has 1 amide bonds. The summed E-state index contributed by atoms with van der Waals surface area (Å²) in [4.78, 5) is 32.7. The summed E-state index contributed by atoms with van der Waals surface area (Å²) < 4.78 is 38.5. The standard InChI is InChI=1S/C43H53F2N9O3/c1-2-32-34(45)8-7-28-19-31(55)21-37(38(28)32)50-17-9-33-36(25-50)47-41(57-27-43-11-5-15-53(43)23-29(44)22-43)48-39(33)51-14-6-16-54-30(24-51)20-35(49-54)40(56)52-18-12-42(26-52)10-3-4-13-46-42/h7-8,19-21,29,46,55H,2-6,9-18,22-27H2,1H3/t29-,42?,43+/m1/s1. The summed E-state index contributed by atoms with van der Waals surface area (Å²) in [6, 6.07) is 8.86. The fraction of sp³-hybridized carbons (Fsp3) is 0.581. The van der Waals surface area contributed by atoms with Crippen molar-refractivity contribution < 1.29 is 23.4 Å². The van der Waals surface area contributed by atoms with E-state index in [2.05, 4.69) is 20.0 Å². The van der Waals surface area contributed by atoms with Gasteiger partial charge < -0.3 is 29.9 Å². The van der Waals surface area contributed by atoms with Crippen LogP contribution in [0.2, 0.25) is 0 Å². The number of nitrogens with zero attached hydrogens (tertiary/aromatic N) is 8. The van der Waals surface area contributed by atoms with Crippen molar-refractivity contribution in [3.63, 3.8) is 0 Å². The summed E-state index contributed by atoms with van der Waals surface area (Å²) >= 11 is 0. The zero-order valence-corrected chi connectivity index (χ0v) is 32.9. The van der Waals surface area contributed by atoms with Crippen LogP contribution >= 0.6 is 0 Å². The number of carbonyl (C=O) groups excluding carboxylic acids is 1. The van der Waals surface area contributed by atoms with E-state index in [9.17, 15) is 14.3 Å². The number of phenols is 1. The average Bonchev–Trinajstić information content (AvgIpc) is 3.96. The Labute approximate surface area is 332 Å². The van der Waals surface area contributed by atoms with Crippen LogP contribution in [-0.4, -0.2) is 110 Å². The summed E-state index contributed by atoms with van der Waals surface area (Å²) in [7, 11) is 0. The molecule has 0 bridgehead atoms. The summed E-state index contributed by atoms with van der Waals surface area (Å²) in [6.45, 7) is 9.04. The van der Waals surface area contributed by atoms with Crippen molar-refractivity contribution in [2.24, 2.45) is 0 Å². The van der Waals surface area contributed by atoms with Gasteiger partial charge in [-0.15, -0.1) is 0 Å². The zero-order chi connectivity index (χ0) is 38.9. The summed E-state index contributed by atoms with van der Waals surface area (Å²) in [5.74, 6) is 0.670. The molecule has 0 saturated carbocycles. The van der Waals surface area contributed by atoms with Crippen molar-refractivity contribution in [2.75, 3.05) is 62.2 Å². The molecule has 8 heterocycles. The monoisotopic (exact) mass is 781 g/mol. The third-order valence-corrected chi connectivity index (χ3v) is 13.8. The first-order valence-corrected chi connectivity index (χ1v) is 21.2. The topological polar surface area (TPSA) is 115 Å². The number of hydrogen-bond donors (Lipinski definition) is 2. The summed E-state index contributed by atoms with van der Waals surface area (Å²) in [5.41, 5.74) is 4.38. The SMILES string of the molecule is CCc1c(F)ccc2cc(O)cc(N3CCc4c(nc(OC[C@@]56CCCN5C[C@H](F)C6)nc4N4CCCn5nc(C(=O)N6CCC7(CCCCN7)C6)cc5C4)C3)c12. The molecule has 1 spiro atoms. The molecule has 2 aromatic heterocycles. The lowest BCUT2D eigenvalue weighted by Gasteiger charge is -2.35. The van der Waals surface area contributed by atoms with Crippen molar-refractivity contribution in [3.8, 4) is 11.8 Å². The van der Waals surface area contributed by atoms with Crippen LogP contribution in [0.5, 0.6) is 11.8 Å². The molecule has 12 nitrogen and oxygen atoms in total. The van der Waals surface area contributed by atoms with Gasteiger partial charge in [-0.25, -0.2) is 8.78 Å². The van der Waals surface area contributed by atoms with Gasteiger partial charge in [0.2, 0.25) is 0 Å². The number of amides is 1. The Hall–Kier alpha value is -4.56. The van der Waals surface area contributed by atoms with Gasteiger partial charge in [-0.2, -0.15) is 15.1 Å². The quantitative estimate of drug-likeness (QED) is 0.249. The van der Waals surface area contributed by atoms with Gasteiger partial charge in [0.15, 0.2) is 5.69 Å². The van der Waals surface area contributed by atoms with Gasteiger partial charge in [-0.05, 0) is 93.6 Å². The Morgan fingerprint density at radius 2 is 1.91 bits per heavy atom. The second kappa shape index (κ2) is 14.4.